The van der Waals surface area contributed by atoms with E-state index < -0.39 is 28.5 Å². The van der Waals surface area contributed by atoms with Crippen molar-refractivity contribution in [3.05, 3.63) is 59.7 Å². The quantitative estimate of drug-likeness (QED) is 0.561. The van der Waals surface area contributed by atoms with Gasteiger partial charge in [-0.15, -0.1) is 0 Å². The van der Waals surface area contributed by atoms with Gasteiger partial charge in [0.2, 0.25) is 10.0 Å². The van der Waals surface area contributed by atoms with Crippen LogP contribution in [0.1, 0.15) is 41.6 Å². The molecule has 8 nitrogen and oxygen atoms in total. The Balaban J connectivity index is 1.61. The van der Waals surface area contributed by atoms with Crippen LogP contribution >= 0.6 is 0 Å². The van der Waals surface area contributed by atoms with Gasteiger partial charge in [-0.3, -0.25) is 4.79 Å². The van der Waals surface area contributed by atoms with E-state index in [1.165, 1.54) is 29.6 Å². The standard InChI is InChI=1S/C24H30N2O6S/c1-31-21-12-11-20(17-22(21)33(29,30)26-15-7-2-3-8-16-26)24(28)32-18-23(27)25-14-13-19-9-5-4-6-10-19/h4-6,9-12,17H,2-3,7-8,13-16,18H2,1H3,(H,25,27). The van der Waals surface area contributed by atoms with Crippen LogP contribution in [-0.2, 0) is 26.0 Å². The number of esters is 1. The third-order valence-corrected chi connectivity index (χ3v) is 7.42. The van der Waals surface area contributed by atoms with Crippen LogP contribution in [0.15, 0.2) is 53.4 Å². The summed E-state index contributed by atoms with van der Waals surface area (Å²) in [5, 5.41) is 2.70. The van der Waals surface area contributed by atoms with E-state index in [4.69, 9.17) is 9.47 Å². The number of hydrogen-bond donors (Lipinski definition) is 1. The van der Waals surface area contributed by atoms with Crippen molar-refractivity contribution in [2.24, 2.45) is 0 Å². The maximum absolute atomic E-state index is 13.2. The van der Waals surface area contributed by atoms with E-state index >= 15 is 0 Å². The molecule has 0 radical (unpaired) electrons. The highest BCUT2D eigenvalue weighted by molar-refractivity contribution is 7.89. The van der Waals surface area contributed by atoms with Crippen LogP contribution in [0.4, 0.5) is 0 Å². The summed E-state index contributed by atoms with van der Waals surface area (Å²) in [6.45, 7) is 0.835. The fourth-order valence-electron chi connectivity index (χ4n) is 3.68. The summed E-state index contributed by atoms with van der Waals surface area (Å²) >= 11 is 0. The molecule has 1 heterocycles. The fourth-order valence-corrected chi connectivity index (χ4v) is 5.38. The van der Waals surface area contributed by atoms with E-state index in [0.717, 1.165) is 31.2 Å². The number of benzene rings is 2. The maximum Gasteiger partial charge on any atom is 0.338 e. The van der Waals surface area contributed by atoms with Crippen LogP contribution in [0.2, 0.25) is 0 Å². The van der Waals surface area contributed by atoms with Gasteiger partial charge in [0.1, 0.15) is 10.6 Å². The van der Waals surface area contributed by atoms with Gasteiger partial charge in [-0.05, 0) is 43.0 Å². The Morgan fingerprint density at radius 3 is 2.36 bits per heavy atom. The highest BCUT2D eigenvalue weighted by Gasteiger charge is 2.29. The van der Waals surface area contributed by atoms with Crippen molar-refractivity contribution in [1.82, 2.24) is 9.62 Å². The minimum atomic E-state index is -3.83. The molecule has 1 aliphatic rings. The Morgan fingerprint density at radius 2 is 1.70 bits per heavy atom. The Morgan fingerprint density at radius 1 is 1.00 bits per heavy atom. The Bertz CT molecular complexity index is 1050. The topological polar surface area (TPSA) is 102 Å². The predicted molar refractivity (Wildman–Crippen MR) is 124 cm³/mol. The number of nitrogens with zero attached hydrogens (tertiary/aromatic N) is 1. The van der Waals surface area contributed by atoms with E-state index in [1.54, 1.807) is 0 Å². The van der Waals surface area contributed by atoms with Gasteiger partial charge in [-0.1, -0.05) is 43.2 Å². The molecule has 1 N–H and O–H groups in total. The van der Waals surface area contributed by atoms with Crippen molar-refractivity contribution in [3.63, 3.8) is 0 Å². The van der Waals surface area contributed by atoms with Gasteiger partial charge in [-0.2, -0.15) is 4.31 Å². The number of methoxy groups -OCH3 is 1. The van der Waals surface area contributed by atoms with Gasteiger partial charge < -0.3 is 14.8 Å². The van der Waals surface area contributed by atoms with Gasteiger partial charge in [0.05, 0.1) is 12.7 Å². The normalized spacial score (nSPS) is 14.8. The molecular formula is C24H30N2O6S. The van der Waals surface area contributed by atoms with E-state index in [9.17, 15) is 18.0 Å². The summed E-state index contributed by atoms with van der Waals surface area (Å²) in [5.41, 5.74) is 1.13. The van der Waals surface area contributed by atoms with Crippen molar-refractivity contribution in [2.45, 2.75) is 37.0 Å². The summed E-state index contributed by atoms with van der Waals surface area (Å²) in [7, 11) is -2.45. The van der Waals surface area contributed by atoms with Crippen LogP contribution in [0.3, 0.4) is 0 Å². The number of carbonyl (C=O) groups excluding carboxylic acids is 2. The van der Waals surface area contributed by atoms with Crippen molar-refractivity contribution in [3.8, 4) is 5.75 Å². The zero-order chi connectivity index (χ0) is 23.7. The number of rotatable bonds is 9. The third kappa shape index (κ3) is 6.79. The van der Waals surface area contributed by atoms with Crippen molar-refractivity contribution >= 4 is 21.9 Å². The first kappa shape index (κ1) is 24.7. The molecule has 0 unspecified atom stereocenters. The Labute approximate surface area is 194 Å². The lowest BCUT2D eigenvalue weighted by Crippen LogP contribution is -2.32. The summed E-state index contributed by atoms with van der Waals surface area (Å²) in [6, 6.07) is 13.8. The van der Waals surface area contributed by atoms with E-state index in [2.05, 4.69) is 5.32 Å². The predicted octanol–water partition coefficient (Wildman–Crippen LogP) is 2.78. The first-order valence-electron chi connectivity index (χ1n) is 11.1. The van der Waals surface area contributed by atoms with Gasteiger partial charge >= 0.3 is 5.97 Å². The summed E-state index contributed by atoms with van der Waals surface area (Å²) < 4.78 is 38.2. The molecule has 1 aliphatic heterocycles. The number of hydrogen-bond acceptors (Lipinski definition) is 6. The highest BCUT2D eigenvalue weighted by Crippen LogP contribution is 2.29. The molecule has 33 heavy (non-hydrogen) atoms. The van der Waals surface area contributed by atoms with Crippen LogP contribution in [0.5, 0.6) is 5.75 Å². The SMILES string of the molecule is COc1ccc(C(=O)OCC(=O)NCCc2ccccc2)cc1S(=O)(=O)N1CCCCCC1. The van der Waals surface area contributed by atoms with Crippen molar-refractivity contribution in [2.75, 3.05) is 33.4 Å². The molecule has 3 rings (SSSR count). The van der Waals surface area contributed by atoms with Crippen molar-refractivity contribution in [1.29, 1.82) is 0 Å². The molecule has 1 saturated heterocycles. The van der Waals surface area contributed by atoms with Gasteiger partial charge in [0.25, 0.3) is 5.91 Å². The monoisotopic (exact) mass is 474 g/mol. The van der Waals surface area contributed by atoms with Crippen LogP contribution in [0.25, 0.3) is 0 Å². The Kier molecular flexibility index (Phi) is 8.85. The molecule has 1 fully saturated rings. The molecule has 0 saturated carbocycles. The van der Waals surface area contributed by atoms with E-state index in [0.29, 0.717) is 26.1 Å². The van der Waals surface area contributed by atoms with Gasteiger partial charge in [0, 0.05) is 19.6 Å². The largest absolute Gasteiger partial charge is 0.495 e. The average Bonchev–Trinajstić information content (AvgIpc) is 3.13. The zero-order valence-corrected chi connectivity index (χ0v) is 19.6. The molecule has 2 aromatic rings. The third-order valence-electron chi connectivity index (χ3n) is 5.50. The summed E-state index contributed by atoms with van der Waals surface area (Å²) in [4.78, 5) is 24.5. The molecule has 1 amide bonds. The molecular weight excluding hydrogens is 444 g/mol. The molecule has 2 aromatic carbocycles. The van der Waals surface area contributed by atoms with Gasteiger partial charge in [0.15, 0.2) is 6.61 Å². The lowest BCUT2D eigenvalue weighted by atomic mass is 10.1. The number of sulfonamides is 1. The van der Waals surface area contributed by atoms with Crippen molar-refractivity contribution < 1.29 is 27.5 Å². The van der Waals surface area contributed by atoms with Gasteiger partial charge in [-0.25, -0.2) is 13.2 Å². The number of amides is 1. The fraction of sp³-hybridized carbons (Fsp3) is 0.417. The first-order chi connectivity index (χ1) is 15.9. The van der Waals surface area contributed by atoms with E-state index in [-0.39, 0.29) is 16.2 Å². The smallest absolute Gasteiger partial charge is 0.338 e. The van der Waals surface area contributed by atoms with E-state index in [1.807, 2.05) is 30.3 Å². The Hall–Kier alpha value is -2.91. The highest BCUT2D eigenvalue weighted by atomic mass is 32.2. The lowest BCUT2D eigenvalue weighted by Gasteiger charge is -2.21. The molecule has 9 heteroatoms. The second kappa shape index (κ2) is 11.8. The molecule has 0 bridgehead atoms. The minimum Gasteiger partial charge on any atom is -0.495 e. The zero-order valence-electron chi connectivity index (χ0n) is 18.8. The second-order valence-corrected chi connectivity index (χ2v) is 9.75. The molecule has 0 aromatic heterocycles. The summed E-state index contributed by atoms with van der Waals surface area (Å²) in [5.74, 6) is -1.04. The maximum atomic E-state index is 13.2. The minimum absolute atomic E-state index is 0.0429. The molecule has 0 spiro atoms. The number of carbonyl (C=O) groups is 2. The number of ether oxygens (including phenoxy) is 2. The second-order valence-electron chi connectivity index (χ2n) is 7.85. The molecule has 0 aliphatic carbocycles. The lowest BCUT2D eigenvalue weighted by molar-refractivity contribution is -0.124. The molecule has 0 atom stereocenters. The average molecular weight is 475 g/mol. The van der Waals surface area contributed by atoms with Crippen LogP contribution in [0, 0.1) is 0 Å². The summed E-state index contributed by atoms with van der Waals surface area (Å²) in [6.07, 6.45) is 4.23. The number of nitrogens with one attached hydrogen (secondary N) is 1. The molecule has 178 valence electrons. The first-order valence-corrected chi connectivity index (χ1v) is 12.5. The van der Waals surface area contributed by atoms with Crippen LogP contribution < -0.4 is 10.1 Å². The van der Waals surface area contributed by atoms with Crippen LogP contribution in [-0.4, -0.2) is 58.0 Å².